The van der Waals surface area contributed by atoms with Crippen molar-refractivity contribution in [2.24, 2.45) is 5.73 Å². The largest absolute Gasteiger partial charge is 0.462 e. The van der Waals surface area contributed by atoms with Gasteiger partial charge in [-0.15, -0.1) is 0 Å². The van der Waals surface area contributed by atoms with Crippen LogP contribution in [0.25, 0.3) is 0 Å². The number of aryl methyl sites for hydroxylation is 1. The normalized spacial score (nSPS) is 18.9. The van der Waals surface area contributed by atoms with Crippen molar-refractivity contribution in [3.05, 3.63) is 17.5 Å². The maximum absolute atomic E-state index is 11.7. The van der Waals surface area contributed by atoms with Gasteiger partial charge in [-0.25, -0.2) is 14.8 Å². The van der Waals surface area contributed by atoms with E-state index in [-0.39, 0.29) is 6.10 Å². The maximum Gasteiger partial charge on any atom is 0.341 e. The van der Waals surface area contributed by atoms with Crippen molar-refractivity contribution in [2.75, 3.05) is 37.7 Å². The summed E-state index contributed by atoms with van der Waals surface area (Å²) in [6.45, 7) is 6.33. The molecular weight excluding hydrogens is 260 g/mol. The lowest BCUT2D eigenvalue weighted by molar-refractivity contribution is 0.0458. The molecule has 1 aromatic rings. The Labute approximate surface area is 118 Å². The highest BCUT2D eigenvalue weighted by Crippen LogP contribution is 2.15. The predicted molar refractivity (Wildman–Crippen MR) is 73.7 cm³/mol. The number of hydrogen-bond acceptors (Lipinski definition) is 7. The summed E-state index contributed by atoms with van der Waals surface area (Å²) in [5.41, 5.74) is 6.63. The molecule has 0 spiro atoms. The average Bonchev–Trinajstić information content (AvgIpc) is 2.47. The summed E-state index contributed by atoms with van der Waals surface area (Å²) in [7, 11) is 0. The highest BCUT2D eigenvalue weighted by molar-refractivity contribution is 5.90. The Kier molecular flexibility index (Phi) is 4.86. The second-order valence-electron chi connectivity index (χ2n) is 4.56. The average molecular weight is 280 g/mol. The maximum atomic E-state index is 11.7. The zero-order valence-electron chi connectivity index (χ0n) is 11.8. The van der Waals surface area contributed by atoms with Gasteiger partial charge in [0.05, 0.1) is 30.6 Å². The van der Waals surface area contributed by atoms with Crippen molar-refractivity contribution in [2.45, 2.75) is 20.0 Å². The lowest BCUT2D eigenvalue weighted by Gasteiger charge is -2.32. The van der Waals surface area contributed by atoms with Gasteiger partial charge < -0.3 is 20.1 Å². The number of aromatic nitrogens is 2. The Hall–Kier alpha value is -1.73. The monoisotopic (exact) mass is 280 g/mol. The van der Waals surface area contributed by atoms with Gasteiger partial charge in [0.15, 0.2) is 0 Å². The number of ether oxygens (including phenoxy) is 2. The minimum atomic E-state index is -0.390. The Morgan fingerprint density at radius 3 is 3.10 bits per heavy atom. The Bertz CT molecular complexity index is 481. The molecule has 1 aromatic heterocycles. The zero-order chi connectivity index (χ0) is 14.5. The minimum Gasteiger partial charge on any atom is -0.462 e. The molecular formula is C13H20N4O3. The van der Waals surface area contributed by atoms with E-state index in [0.717, 1.165) is 0 Å². The summed E-state index contributed by atoms with van der Waals surface area (Å²) in [6.07, 6.45) is 1.51. The van der Waals surface area contributed by atoms with Gasteiger partial charge in [-0.2, -0.15) is 0 Å². The standard InChI is InChI=1S/C13H20N4O3/c1-3-19-12(18)11-7-15-13(16-9(11)2)17-4-5-20-10(6-14)8-17/h7,10H,3-6,8,14H2,1-2H3. The first-order valence-corrected chi connectivity index (χ1v) is 6.73. The number of carbonyl (C=O) groups excluding carboxylic acids is 1. The van der Waals surface area contributed by atoms with Gasteiger partial charge in [0.2, 0.25) is 5.95 Å². The second-order valence-corrected chi connectivity index (χ2v) is 4.56. The summed E-state index contributed by atoms with van der Waals surface area (Å²) in [6, 6.07) is 0. The van der Waals surface area contributed by atoms with Crippen LogP contribution in [0.3, 0.4) is 0 Å². The first kappa shape index (κ1) is 14.7. The van der Waals surface area contributed by atoms with Gasteiger partial charge in [0, 0.05) is 25.8 Å². The van der Waals surface area contributed by atoms with Gasteiger partial charge in [0.25, 0.3) is 0 Å². The molecule has 1 saturated heterocycles. The van der Waals surface area contributed by atoms with E-state index in [1.165, 1.54) is 6.20 Å². The molecule has 110 valence electrons. The zero-order valence-corrected chi connectivity index (χ0v) is 11.8. The molecule has 0 aliphatic carbocycles. The van der Waals surface area contributed by atoms with Crippen LogP contribution >= 0.6 is 0 Å². The van der Waals surface area contributed by atoms with Crippen LogP contribution in [0, 0.1) is 6.92 Å². The Morgan fingerprint density at radius 1 is 1.65 bits per heavy atom. The quantitative estimate of drug-likeness (QED) is 0.784. The third-order valence-corrected chi connectivity index (χ3v) is 3.15. The molecule has 1 aliphatic heterocycles. The molecule has 1 unspecified atom stereocenters. The van der Waals surface area contributed by atoms with Crippen molar-refractivity contribution in [3.8, 4) is 0 Å². The van der Waals surface area contributed by atoms with Crippen molar-refractivity contribution in [1.82, 2.24) is 9.97 Å². The number of carbonyl (C=O) groups is 1. The molecule has 0 aromatic carbocycles. The van der Waals surface area contributed by atoms with E-state index < -0.39 is 5.97 Å². The lowest BCUT2D eigenvalue weighted by Crippen LogP contribution is -2.46. The van der Waals surface area contributed by atoms with E-state index in [0.29, 0.717) is 50.1 Å². The predicted octanol–water partition coefficient (Wildman–Crippen LogP) is 0.126. The fourth-order valence-electron chi connectivity index (χ4n) is 2.06. The van der Waals surface area contributed by atoms with Gasteiger partial charge in [-0.05, 0) is 13.8 Å². The minimum absolute atomic E-state index is 0.00242. The van der Waals surface area contributed by atoms with Gasteiger partial charge >= 0.3 is 5.97 Å². The Morgan fingerprint density at radius 2 is 2.45 bits per heavy atom. The van der Waals surface area contributed by atoms with Crippen LogP contribution in [0.5, 0.6) is 0 Å². The molecule has 1 aliphatic rings. The molecule has 2 heterocycles. The number of esters is 1. The van der Waals surface area contributed by atoms with Crippen LogP contribution in [-0.2, 0) is 9.47 Å². The smallest absolute Gasteiger partial charge is 0.341 e. The number of anilines is 1. The molecule has 20 heavy (non-hydrogen) atoms. The van der Waals surface area contributed by atoms with Crippen LogP contribution < -0.4 is 10.6 Å². The molecule has 2 rings (SSSR count). The first-order chi connectivity index (χ1) is 9.65. The van der Waals surface area contributed by atoms with Crippen LogP contribution in [0.4, 0.5) is 5.95 Å². The second kappa shape index (κ2) is 6.62. The highest BCUT2D eigenvalue weighted by Gasteiger charge is 2.22. The molecule has 0 saturated carbocycles. The van der Waals surface area contributed by atoms with E-state index in [9.17, 15) is 4.79 Å². The summed E-state index contributed by atoms with van der Waals surface area (Å²) >= 11 is 0. The molecule has 2 N–H and O–H groups in total. The van der Waals surface area contributed by atoms with Crippen molar-refractivity contribution >= 4 is 11.9 Å². The van der Waals surface area contributed by atoms with E-state index in [1.54, 1.807) is 13.8 Å². The van der Waals surface area contributed by atoms with Gasteiger partial charge in [-0.1, -0.05) is 0 Å². The van der Waals surface area contributed by atoms with Crippen LogP contribution in [0.2, 0.25) is 0 Å². The summed E-state index contributed by atoms with van der Waals surface area (Å²) in [4.78, 5) is 22.4. The summed E-state index contributed by atoms with van der Waals surface area (Å²) in [5.74, 6) is 0.204. The fourth-order valence-corrected chi connectivity index (χ4v) is 2.06. The van der Waals surface area contributed by atoms with E-state index in [2.05, 4.69) is 9.97 Å². The van der Waals surface area contributed by atoms with Gasteiger partial charge in [-0.3, -0.25) is 0 Å². The van der Waals surface area contributed by atoms with Crippen molar-refractivity contribution < 1.29 is 14.3 Å². The van der Waals surface area contributed by atoms with Gasteiger partial charge in [0.1, 0.15) is 0 Å². The highest BCUT2D eigenvalue weighted by atomic mass is 16.5. The lowest BCUT2D eigenvalue weighted by atomic mass is 10.2. The van der Waals surface area contributed by atoms with Crippen LogP contribution in [-0.4, -0.2) is 54.9 Å². The topological polar surface area (TPSA) is 90.6 Å². The molecule has 0 radical (unpaired) electrons. The molecule has 1 fully saturated rings. The third-order valence-electron chi connectivity index (χ3n) is 3.15. The van der Waals surface area contributed by atoms with Crippen molar-refractivity contribution in [1.29, 1.82) is 0 Å². The SMILES string of the molecule is CCOC(=O)c1cnc(N2CCOC(CN)C2)nc1C. The van der Waals surface area contributed by atoms with Crippen molar-refractivity contribution in [3.63, 3.8) is 0 Å². The Balaban J connectivity index is 2.14. The van der Waals surface area contributed by atoms with Crippen LogP contribution in [0.1, 0.15) is 23.0 Å². The van der Waals surface area contributed by atoms with E-state index in [1.807, 2.05) is 4.90 Å². The summed E-state index contributed by atoms with van der Waals surface area (Å²) in [5, 5.41) is 0. The number of rotatable bonds is 4. The number of nitrogens with two attached hydrogens (primary N) is 1. The molecule has 0 amide bonds. The number of hydrogen-bond donors (Lipinski definition) is 1. The molecule has 7 nitrogen and oxygen atoms in total. The molecule has 7 heteroatoms. The molecule has 0 bridgehead atoms. The fraction of sp³-hybridized carbons (Fsp3) is 0.615. The number of morpholine rings is 1. The third kappa shape index (κ3) is 3.23. The first-order valence-electron chi connectivity index (χ1n) is 6.73. The molecule has 1 atom stereocenters. The van der Waals surface area contributed by atoms with E-state index >= 15 is 0 Å². The number of nitrogens with zero attached hydrogens (tertiary/aromatic N) is 3. The van der Waals surface area contributed by atoms with E-state index in [4.69, 9.17) is 15.2 Å². The summed E-state index contributed by atoms with van der Waals surface area (Å²) < 4.78 is 10.5. The van der Waals surface area contributed by atoms with Crippen LogP contribution in [0.15, 0.2) is 6.20 Å².